The van der Waals surface area contributed by atoms with E-state index < -0.39 is 23.2 Å². The van der Waals surface area contributed by atoms with Gasteiger partial charge in [-0.3, -0.25) is 4.98 Å². The summed E-state index contributed by atoms with van der Waals surface area (Å²) >= 11 is 0. The van der Waals surface area contributed by atoms with Crippen LogP contribution >= 0.6 is 0 Å². The van der Waals surface area contributed by atoms with Gasteiger partial charge in [-0.05, 0) is 55.0 Å². The van der Waals surface area contributed by atoms with Crippen LogP contribution in [0.2, 0.25) is 0 Å². The number of benzene rings is 1. The molecule has 2 aliphatic rings. The van der Waals surface area contributed by atoms with Crippen molar-refractivity contribution in [3.8, 4) is 11.1 Å². The lowest BCUT2D eigenvalue weighted by molar-refractivity contribution is -0.110. The van der Waals surface area contributed by atoms with Crippen molar-refractivity contribution < 1.29 is 18.0 Å². The van der Waals surface area contributed by atoms with Gasteiger partial charge in [0, 0.05) is 31.1 Å². The Hall–Kier alpha value is -3.36. The first-order valence-electron chi connectivity index (χ1n) is 10.6. The molecule has 1 aliphatic heterocycles. The minimum absolute atomic E-state index is 0.0198. The second kappa shape index (κ2) is 7.36. The van der Waals surface area contributed by atoms with Crippen LogP contribution in [0.5, 0.6) is 0 Å². The van der Waals surface area contributed by atoms with Crippen molar-refractivity contribution in [3.05, 3.63) is 59.6 Å². The Morgan fingerprint density at radius 1 is 1.19 bits per heavy atom. The number of anilines is 1. The first kappa shape index (κ1) is 20.5. The number of hydrogen-bond donors (Lipinski definition) is 1. The number of nitrogens with one attached hydrogen (secondary N) is 1. The third-order valence-electron chi connectivity index (χ3n) is 6.47. The number of halogens is 2. The summed E-state index contributed by atoms with van der Waals surface area (Å²) in [5, 5.41) is 10.8. The Balaban J connectivity index is 1.47. The molecule has 0 spiro atoms. The molecule has 2 fully saturated rings. The first-order valence-corrected chi connectivity index (χ1v) is 10.6. The van der Waals surface area contributed by atoms with Gasteiger partial charge in [0.05, 0.1) is 11.9 Å². The summed E-state index contributed by atoms with van der Waals surface area (Å²) < 4.78 is 34.2. The summed E-state index contributed by atoms with van der Waals surface area (Å²) in [7, 11) is 0. The topological polar surface area (TPSA) is 84.2 Å². The zero-order valence-electron chi connectivity index (χ0n) is 18.0. The van der Waals surface area contributed by atoms with Crippen molar-refractivity contribution in [2.45, 2.75) is 51.6 Å². The molecule has 2 bridgehead atoms. The highest BCUT2D eigenvalue weighted by Gasteiger charge is 2.62. The minimum Gasteiger partial charge on any atom is -0.423 e. The molecule has 1 aromatic carbocycles. The summed E-state index contributed by atoms with van der Waals surface area (Å²) in [5.74, 6) is 0.202. The van der Waals surface area contributed by atoms with Crippen molar-refractivity contribution in [2.75, 3.05) is 5.32 Å². The van der Waals surface area contributed by atoms with E-state index >= 15 is 0 Å². The number of amides is 2. The smallest absolute Gasteiger partial charge is 0.323 e. The van der Waals surface area contributed by atoms with Gasteiger partial charge in [0.2, 0.25) is 11.8 Å². The van der Waals surface area contributed by atoms with E-state index in [-0.39, 0.29) is 11.7 Å². The molecule has 166 valence electrons. The highest BCUT2D eigenvalue weighted by atomic mass is 19.1. The van der Waals surface area contributed by atoms with Crippen LogP contribution in [0.4, 0.5) is 19.3 Å². The Morgan fingerprint density at radius 2 is 2.00 bits per heavy atom. The normalized spacial score (nSPS) is 24.2. The van der Waals surface area contributed by atoms with Crippen molar-refractivity contribution in [1.29, 1.82) is 0 Å². The van der Waals surface area contributed by atoms with Gasteiger partial charge in [0.15, 0.2) is 0 Å². The maximum Gasteiger partial charge on any atom is 0.323 e. The van der Waals surface area contributed by atoms with E-state index in [0.29, 0.717) is 40.8 Å². The number of pyridine rings is 1. The molecule has 1 saturated heterocycles. The summed E-state index contributed by atoms with van der Waals surface area (Å²) in [6.07, 6.45) is 4.91. The highest BCUT2D eigenvalue weighted by Crippen LogP contribution is 2.55. The SMILES string of the molecule is Cc1nnc(C23CC(C)CC(C2)N3C(=O)Nc2cc(-c3cncc(F)c3)c(C)cc2F)o1. The van der Waals surface area contributed by atoms with E-state index in [0.717, 1.165) is 19.0 Å². The lowest BCUT2D eigenvalue weighted by Crippen LogP contribution is -2.70. The summed E-state index contributed by atoms with van der Waals surface area (Å²) in [5.41, 5.74) is 1.05. The third-order valence-corrected chi connectivity index (χ3v) is 6.47. The molecule has 2 aromatic heterocycles. The highest BCUT2D eigenvalue weighted by molar-refractivity contribution is 5.92. The molecule has 3 aromatic rings. The average Bonchev–Trinajstić information content (AvgIpc) is 3.16. The molecule has 32 heavy (non-hydrogen) atoms. The molecule has 9 heteroatoms. The zero-order valence-corrected chi connectivity index (χ0v) is 18.0. The quantitative estimate of drug-likeness (QED) is 0.624. The Morgan fingerprint density at radius 3 is 2.72 bits per heavy atom. The van der Waals surface area contributed by atoms with Gasteiger partial charge >= 0.3 is 6.03 Å². The molecular formula is C23H23F2N5O2. The van der Waals surface area contributed by atoms with Crippen molar-refractivity contribution in [3.63, 3.8) is 0 Å². The third kappa shape index (κ3) is 3.23. The number of carbonyl (C=O) groups is 1. The van der Waals surface area contributed by atoms with Crippen molar-refractivity contribution in [2.24, 2.45) is 5.92 Å². The monoisotopic (exact) mass is 439 g/mol. The number of urea groups is 1. The number of hydrogen-bond acceptors (Lipinski definition) is 5. The lowest BCUT2D eigenvalue weighted by atomic mass is 9.64. The maximum absolute atomic E-state index is 14.8. The van der Waals surface area contributed by atoms with Crippen LogP contribution in [0.3, 0.4) is 0 Å². The number of likely N-dealkylation sites (tertiary alicyclic amines) is 1. The lowest BCUT2D eigenvalue weighted by Gasteiger charge is -2.61. The molecule has 3 unspecified atom stereocenters. The fourth-order valence-electron chi connectivity index (χ4n) is 5.25. The van der Waals surface area contributed by atoms with Gasteiger partial charge < -0.3 is 14.6 Å². The summed E-state index contributed by atoms with van der Waals surface area (Å²) in [4.78, 5) is 18.9. The van der Waals surface area contributed by atoms with Gasteiger partial charge in [0.25, 0.3) is 0 Å². The van der Waals surface area contributed by atoms with Crippen molar-refractivity contribution >= 4 is 11.7 Å². The molecule has 1 N–H and O–H groups in total. The summed E-state index contributed by atoms with van der Waals surface area (Å²) in [6, 6.07) is 3.76. The number of piperidine rings is 1. The van der Waals surface area contributed by atoms with E-state index in [1.807, 2.05) is 0 Å². The minimum atomic E-state index is -0.676. The largest absolute Gasteiger partial charge is 0.423 e. The first-order chi connectivity index (χ1) is 15.3. The van der Waals surface area contributed by atoms with Crippen LogP contribution in [0, 0.1) is 31.4 Å². The molecule has 2 amide bonds. The Kier molecular flexibility index (Phi) is 4.72. The molecule has 5 rings (SSSR count). The number of aromatic nitrogens is 3. The van der Waals surface area contributed by atoms with E-state index in [9.17, 15) is 13.6 Å². The molecule has 3 heterocycles. The molecular weight excluding hydrogens is 416 g/mol. The van der Waals surface area contributed by atoms with Crippen molar-refractivity contribution in [1.82, 2.24) is 20.1 Å². The standard InChI is InChI=1S/C23H23F2N5O2/c1-12-4-17-9-23(8-12,21-29-28-14(3)32-21)30(17)22(31)27-20-7-18(13(2)5-19(20)25)15-6-16(24)11-26-10-15/h5-7,10-12,17H,4,8-9H2,1-3H3,(H,27,31). The van der Waals surface area contributed by atoms with Crippen LogP contribution in [-0.2, 0) is 5.54 Å². The van der Waals surface area contributed by atoms with E-state index in [1.165, 1.54) is 24.4 Å². The number of carbonyl (C=O) groups excluding carboxylic acids is 1. The average molecular weight is 439 g/mol. The van der Waals surface area contributed by atoms with Crippen LogP contribution in [0.15, 0.2) is 35.0 Å². The van der Waals surface area contributed by atoms with E-state index in [4.69, 9.17) is 4.42 Å². The van der Waals surface area contributed by atoms with Crippen LogP contribution < -0.4 is 5.32 Å². The van der Waals surface area contributed by atoms with Gasteiger partial charge in [-0.25, -0.2) is 13.6 Å². The number of rotatable bonds is 3. The van der Waals surface area contributed by atoms with Gasteiger partial charge in [-0.2, -0.15) is 0 Å². The van der Waals surface area contributed by atoms with E-state index in [2.05, 4.69) is 27.4 Å². The molecule has 1 aliphatic carbocycles. The summed E-state index contributed by atoms with van der Waals surface area (Å²) in [6.45, 7) is 5.58. The van der Waals surface area contributed by atoms with Crippen LogP contribution in [0.25, 0.3) is 11.1 Å². The second-order valence-corrected chi connectivity index (χ2v) is 8.90. The fourth-order valence-corrected chi connectivity index (χ4v) is 5.25. The molecule has 7 nitrogen and oxygen atoms in total. The van der Waals surface area contributed by atoms with Crippen LogP contribution in [0.1, 0.15) is 43.5 Å². The van der Waals surface area contributed by atoms with Gasteiger partial charge in [0.1, 0.15) is 17.2 Å². The van der Waals surface area contributed by atoms with Crippen LogP contribution in [-0.4, -0.2) is 32.2 Å². The Bertz CT molecular complexity index is 1210. The molecule has 3 atom stereocenters. The second-order valence-electron chi connectivity index (χ2n) is 8.90. The number of aryl methyl sites for hydroxylation is 2. The zero-order chi connectivity index (χ0) is 22.6. The Labute approximate surface area is 183 Å². The van der Waals surface area contributed by atoms with Gasteiger partial charge in [-0.1, -0.05) is 6.92 Å². The molecule has 1 saturated carbocycles. The fraction of sp³-hybridized carbons (Fsp3) is 0.391. The number of fused-ring (bicyclic) bond motifs is 2. The van der Waals surface area contributed by atoms with E-state index in [1.54, 1.807) is 18.7 Å². The predicted octanol–water partition coefficient (Wildman–Crippen LogP) is 4.96. The number of nitrogens with zero attached hydrogens (tertiary/aromatic N) is 4. The molecule has 0 radical (unpaired) electrons. The predicted molar refractivity (Wildman–Crippen MR) is 113 cm³/mol. The maximum atomic E-state index is 14.8. The van der Waals surface area contributed by atoms with Gasteiger partial charge in [-0.15, -0.1) is 10.2 Å².